The van der Waals surface area contributed by atoms with Crippen LogP contribution in [0, 0.1) is 0 Å². The molecule has 3 aromatic carbocycles. The second-order valence-electron chi connectivity index (χ2n) is 6.45. The van der Waals surface area contributed by atoms with E-state index in [1.54, 1.807) is 72.8 Å². The number of rotatable bonds is 9. The smallest absolute Gasteiger partial charge is 0.343 e. The molecule has 0 fully saturated rings. The molecule has 8 heteroatoms. The molecular formula is C24H21ClN2O5. The van der Waals surface area contributed by atoms with E-state index in [1.165, 1.54) is 6.21 Å². The fourth-order valence-electron chi connectivity index (χ4n) is 2.53. The van der Waals surface area contributed by atoms with Gasteiger partial charge in [-0.15, -0.1) is 0 Å². The summed E-state index contributed by atoms with van der Waals surface area (Å²) in [7, 11) is 0. The lowest BCUT2D eigenvalue weighted by atomic mass is 10.2. The number of hydrogen-bond donors (Lipinski definition) is 1. The van der Waals surface area contributed by atoms with Crippen molar-refractivity contribution < 1.29 is 23.8 Å². The molecule has 0 aromatic heterocycles. The Morgan fingerprint density at radius 1 is 0.875 bits per heavy atom. The normalized spacial score (nSPS) is 10.6. The third kappa shape index (κ3) is 7.14. The molecule has 0 saturated heterocycles. The fraction of sp³-hybridized carbons (Fsp3) is 0.125. The molecule has 0 saturated carbocycles. The standard InChI is InChI=1S/C24H21ClN2O5/c1-2-30-20-11-5-18(6-12-20)24(29)32-22-9-3-17(4-10-22)15-26-27-23(28)16-31-21-13-7-19(25)8-14-21/h3-15H,2,16H2,1H3,(H,27,28). The van der Waals surface area contributed by atoms with Crippen molar-refractivity contribution in [2.45, 2.75) is 6.92 Å². The molecule has 7 nitrogen and oxygen atoms in total. The molecule has 0 heterocycles. The van der Waals surface area contributed by atoms with Gasteiger partial charge < -0.3 is 14.2 Å². The highest BCUT2D eigenvalue weighted by atomic mass is 35.5. The first-order valence-corrected chi connectivity index (χ1v) is 10.2. The van der Waals surface area contributed by atoms with E-state index < -0.39 is 11.9 Å². The van der Waals surface area contributed by atoms with Crippen LogP contribution in [0.25, 0.3) is 0 Å². The Kier molecular flexibility index (Phi) is 8.22. The maximum Gasteiger partial charge on any atom is 0.343 e. The Hall–Kier alpha value is -3.84. The molecule has 0 aliphatic carbocycles. The van der Waals surface area contributed by atoms with E-state index in [9.17, 15) is 9.59 Å². The Morgan fingerprint density at radius 2 is 1.47 bits per heavy atom. The molecule has 0 bridgehead atoms. The van der Waals surface area contributed by atoms with Crippen molar-refractivity contribution in [3.05, 3.63) is 88.9 Å². The molecule has 0 aliphatic rings. The molecule has 0 unspecified atom stereocenters. The molecule has 0 radical (unpaired) electrons. The van der Waals surface area contributed by atoms with E-state index >= 15 is 0 Å². The molecule has 0 atom stereocenters. The molecular weight excluding hydrogens is 432 g/mol. The first-order valence-electron chi connectivity index (χ1n) is 9.79. The van der Waals surface area contributed by atoms with Crippen molar-refractivity contribution in [3.63, 3.8) is 0 Å². The minimum atomic E-state index is -0.470. The number of ether oxygens (including phenoxy) is 3. The van der Waals surface area contributed by atoms with Crippen molar-refractivity contribution in [1.82, 2.24) is 5.43 Å². The van der Waals surface area contributed by atoms with Gasteiger partial charge in [0.1, 0.15) is 17.2 Å². The number of benzene rings is 3. The Balaban J connectivity index is 1.45. The van der Waals surface area contributed by atoms with Crippen LogP contribution in [0.15, 0.2) is 77.9 Å². The zero-order chi connectivity index (χ0) is 22.8. The zero-order valence-corrected chi connectivity index (χ0v) is 18.0. The van der Waals surface area contributed by atoms with Crippen molar-refractivity contribution in [2.24, 2.45) is 5.10 Å². The van der Waals surface area contributed by atoms with Crippen molar-refractivity contribution in [1.29, 1.82) is 0 Å². The summed E-state index contributed by atoms with van der Waals surface area (Å²) in [6.45, 7) is 2.27. The second-order valence-corrected chi connectivity index (χ2v) is 6.89. The number of carbonyl (C=O) groups excluding carboxylic acids is 2. The van der Waals surface area contributed by atoms with Crippen molar-refractivity contribution in [2.75, 3.05) is 13.2 Å². The number of hydrogen-bond acceptors (Lipinski definition) is 6. The van der Waals surface area contributed by atoms with E-state index in [-0.39, 0.29) is 6.61 Å². The second kappa shape index (κ2) is 11.5. The molecule has 3 rings (SSSR count). The van der Waals surface area contributed by atoms with Crippen LogP contribution in [0.3, 0.4) is 0 Å². The minimum Gasteiger partial charge on any atom is -0.494 e. The number of carbonyl (C=O) groups is 2. The molecule has 0 spiro atoms. The average Bonchev–Trinajstić information content (AvgIpc) is 2.80. The predicted molar refractivity (Wildman–Crippen MR) is 122 cm³/mol. The van der Waals surface area contributed by atoms with E-state index in [1.807, 2.05) is 6.92 Å². The summed E-state index contributed by atoms with van der Waals surface area (Å²) < 4.78 is 16.0. The summed E-state index contributed by atoms with van der Waals surface area (Å²) in [5, 5.41) is 4.47. The summed E-state index contributed by atoms with van der Waals surface area (Å²) in [5.41, 5.74) is 3.51. The quantitative estimate of drug-likeness (QED) is 0.224. The van der Waals surface area contributed by atoms with Gasteiger partial charge in [0, 0.05) is 5.02 Å². The van der Waals surface area contributed by atoms with Crippen LogP contribution in [0.5, 0.6) is 17.2 Å². The van der Waals surface area contributed by atoms with Crippen LogP contribution >= 0.6 is 11.6 Å². The van der Waals surface area contributed by atoms with Crippen LogP contribution in [-0.2, 0) is 4.79 Å². The molecule has 1 N–H and O–H groups in total. The van der Waals surface area contributed by atoms with Gasteiger partial charge in [0.05, 0.1) is 18.4 Å². The van der Waals surface area contributed by atoms with Crippen LogP contribution in [-0.4, -0.2) is 31.3 Å². The maximum absolute atomic E-state index is 12.2. The predicted octanol–water partition coefficient (Wildman–Crippen LogP) is 4.49. The Morgan fingerprint density at radius 3 is 2.12 bits per heavy atom. The van der Waals surface area contributed by atoms with Crippen molar-refractivity contribution in [3.8, 4) is 17.2 Å². The first kappa shape index (κ1) is 22.8. The van der Waals surface area contributed by atoms with Crippen LogP contribution in [0.4, 0.5) is 0 Å². The van der Waals surface area contributed by atoms with Gasteiger partial charge in [0.25, 0.3) is 5.91 Å². The highest BCUT2D eigenvalue weighted by Crippen LogP contribution is 2.17. The summed E-state index contributed by atoms with van der Waals surface area (Å²) in [6.07, 6.45) is 1.47. The topological polar surface area (TPSA) is 86.2 Å². The van der Waals surface area contributed by atoms with Gasteiger partial charge in [-0.1, -0.05) is 11.6 Å². The summed E-state index contributed by atoms with van der Waals surface area (Å²) in [5.74, 6) is 0.737. The first-order chi connectivity index (χ1) is 15.5. The van der Waals surface area contributed by atoms with Crippen molar-refractivity contribution >= 4 is 29.7 Å². The van der Waals surface area contributed by atoms with E-state index in [0.29, 0.717) is 40.0 Å². The monoisotopic (exact) mass is 452 g/mol. The van der Waals surface area contributed by atoms with Crippen LogP contribution in [0.1, 0.15) is 22.8 Å². The highest BCUT2D eigenvalue weighted by molar-refractivity contribution is 6.30. The number of amides is 1. The number of esters is 1. The maximum atomic E-state index is 12.2. The molecule has 0 aliphatic heterocycles. The molecule has 1 amide bonds. The van der Waals surface area contributed by atoms with Gasteiger partial charge in [-0.2, -0.15) is 5.10 Å². The van der Waals surface area contributed by atoms with Gasteiger partial charge in [0.2, 0.25) is 0 Å². The lowest BCUT2D eigenvalue weighted by molar-refractivity contribution is -0.123. The lowest BCUT2D eigenvalue weighted by Crippen LogP contribution is -2.24. The largest absolute Gasteiger partial charge is 0.494 e. The summed E-state index contributed by atoms with van der Waals surface area (Å²) >= 11 is 5.80. The molecule has 164 valence electrons. The van der Waals surface area contributed by atoms with Crippen LogP contribution < -0.4 is 19.6 Å². The third-order valence-electron chi connectivity index (χ3n) is 4.08. The minimum absolute atomic E-state index is 0.181. The van der Waals surface area contributed by atoms with E-state index in [2.05, 4.69) is 10.5 Å². The van der Waals surface area contributed by atoms with Gasteiger partial charge >= 0.3 is 5.97 Å². The van der Waals surface area contributed by atoms with Gasteiger partial charge in [-0.3, -0.25) is 4.79 Å². The molecule has 3 aromatic rings. The SMILES string of the molecule is CCOc1ccc(C(=O)Oc2ccc(C=NNC(=O)COc3ccc(Cl)cc3)cc2)cc1. The molecule has 32 heavy (non-hydrogen) atoms. The fourth-order valence-corrected chi connectivity index (χ4v) is 2.66. The average molecular weight is 453 g/mol. The van der Waals surface area contributed by atoms with E-state index in [4.69, 9.17) is 25.8 Å². The van der Waals surface area contributed by atoms with Gasteiger partial charge in [0.15, 0.2) is 6.61 Å². The van der Waals surface area contributed by atoms with Crippen LogP contribution in [0.2, 0.25) is 5.02 Å². The summed E-state index contributed by atoms with van der Waals surface area (Å²) in [6, 6.07) is 20.1. The van der Waals surface area contributed by atoms with Gasteiger partial charge in [-0.25, -0.2) is 10.2 Å². The number of hydrazone groups is 1. The van der Waals surface area contributed by atoms with Gasteiger partial charge in [-0.05, 0) is 85.3 Å². The van der Waals surface area contributed by atoms with E-state index in [0.717, 1.165) is 0 Å². The number of nitrogens with zero attached hydrogens (tertiary/aromatic N) is 1. The lowest BCUT2D eigenvalue weighted by Gasteiger charge is -2.06. The number of halogens is 1. The highest BCUT2D eigenvalue weighted by Gasteiger charge is 2.09. The Bertz CT molecular complexity index is 1070. The Labute approximate surface area is 190 Å². The summed E-state index contributed by atoms with van der Waals surface area (Å²) in [4.78, 5) is 24.0. The third-order valence-corrected chi connectivity index (χ3v) is 4.33. The number of nitrogens with one attached hydrogen (secondary N) is 1. The zero-order valence-electron chi connectivity index (χ0n) is 17.3.